The fraction of sp³-hybridized carbons (Fsp3) is 0.571. The van der Waals surface area contributed by atoms with Gasteiger partial charge in [0.25, 0.3) is 0 Å². The van der Waals surface area contributed by atoms with Crippen LogP contribution in [-0.4, -0.2) is 24.0 Å². The number of hydrogen-bond acceptors (Lipinski definition) is 3. The third kappa shape index (κ3) is 3.41. The van der Waals surface area contributed by atoms with E-state index in [1.807, 2.05) is 11.3 Å². The van der Waals surface area contributed by atoms with Gasteiger partial charge in [-0.1, -0.05) is 12.2 Å². The monoisotopic (exact) mass is 248 g/mol. The second-order valence-corrected chi connectivity index (χ2v) is 6.27. The summed E-state index contributed by atoms with van der Waals surface area (Å²) >= 11 is 1.97. The van der Waals surface area contributed by atoms with Gasteiger partial charge in [-0.25, -0.2) is 0 Å². The maximum absolute atomic E-state index is 3.58. The summed E-state index contributed by atoms with van der Waals surface area (Å²) in [5, 5.41) is 3.58. The molecule has 0 aromatic carbocycles. The molecule has 0 radical (unpaired) electrons. The zero-order valence-corrected chi connectivity index (χ0v) is 11.0. The van der Waals surface area contributed by atoms with E-state index in [4.69, 9.17) is 0 Å². The summed E-state index contributed by atoms with van der Waals surface area (Å²) in [7, 11) is 0. The highest BCUT2D eigenvalue weighted by molar-refractivity contribution is 7.11. The van der Waals surface area contributed by atoms with E-state index in [-0.39, 0.29) is 0 Å². The van der Waals surface area contributed by atoms with Crippen molar-refractivity contribution < 1.29 is 0 Å². The Hall–Kier alpha value is -0.640. The average Bonchev–Trinajstić information content (AvgIpc) is 3.09. The normalized spacial score (nSPS) is 20.9. The minimum atomic E-state index is 0.813. The zero-order chi connectivity index (χ0) is 11.5. The molecule has 1 aromatic rings. The third-order valence-corrected chi connectivity index (χ3v) is 4.45. The Kier molecular flexibility index (Phi) is 3.60. The second kappa shape index (κ2) is 5.34. The highest BCUT2D eigenvalue weighted by Gasteiger charge is 2.20. The molecule has 1 aromatic heterocycles. The van der Waals surface area contributed by atoms with E-state index < -0.39 is 0 Å². The molecule has 1 N–H and O–H groups in total. The van der Waals surface area contributed by atoms with Crippen LogP contribution in [-0.2, 0) is 13.1 Å². The van der Waals surface area contributed by atoms with Crippen LogP contribution in [0.5, 0.6) is 0 Å². The lowest BCUT2D eigenvalue weighted by molar-refractivity contribution is 0.293. The van der Waals surface area contributed by atoms with E-state index in [1.165, 1.54) is 35.6 Å². The van der Waals surface area contributed by atoms with Gasteiger partial charge in [-0.05, 0) is 31.4 Å². The Morgan fingerprint density at radius 1 is 1.24 bits per heavy atom. The van der Waals surface area contributed by atoms with Gasteiger partial charge in [-0.3, -0.25) is 4.90 Å². The van der Waals surface area contributed by atoms with Crippen molar-refractivity contribution in [2.75, 3.05) is 13.1 Å². The molecular weight excluding hydrogens is 228 g/mol. The Balaban J connectivity index is 1.50. The van der Waals surface area contributed by atoms with E-state index in [1.54, 1.807) is 0 Å². The summed E-state index contributed by atoms with van der Waals surface area (Å²) in [6.45, 7) is 4.52. The molecule has 1 aliphatic heterocycles. The molecule has 1 fully saturated rings. The van der Waals surface area contributed by atoms with Crippen LogP contribution in [0, 0.1) is 0 Å². The van der Waals surface area contributed by atoms with Gasteiger partial charge in [0, 0.05) is 42.0 Å². The summed E-state index contributed by atoms with van der Waals surface area (Å²) in [6.07, 6.45) is 8.53. The Morgan fingerprint density at radius 2 is 2.12 bits per heavy atom. The maximum Gasteiger partial charge on any atom is 0.0331 e. The lowest BCUT2D eigenvalue weighted by Gasteiger charge is -2.21. The summed E-state index contributed by atoms with van der Waals surface area (Å²) in [6, 6.07) is 5.40. The van der Waals surface area contributed by atoms with Crippen LogP contribution in [0.3, 0.4) is 0 Å². The van der Waals surface area contributed by atoms with Gasteiger partial charge in [-0.2, -0.15) is 0 Å². The van der Waals surface area contributed by atoms with E-state index in [0.29, 0.717) is 0 Å². The van der Waals surface area contributed by atoms with Gasteiger partial charge in [0.05, 0.1) is 0 Å². The summed E-state index contributed by atoms with van der Waals surface area (Å²) < 4.78 is 0. The number of rotatable bonds is 5. The Bertz CT molecular complexity index is 393. The molecule has 2 nitrogen and oxygen atoms in total. The molecule has 0 unspecified atom stereocenters. The SMILES string of the molecule is C1=CCN(Cc2ccc(CNC3CC3)s2)CC1. The van der Waals surface area contributed by atoms with Crippen LogP contribution >= 0.6 is 11.3 Å². The quantitative estimate of drug-likeness (QED) is 0.806. The van der Waals surface area contributed by atoms with Crippen molar-refractivity contribution in [2.45, 2.75) is 38.4 Å². The first kappa shape index (κ1) is 11.5. The Morgan fingerprint density at radius 3 is 2.88 bits per heavy atom. The number of thiophene rings is 1. The van der Waals surface area contributed by atoms with Gasteiger partial charge < -0.3 is 5.32 Å². The Labute approximate surface area is 107 Å². The van der Waals surface area contributed by atoms with Crippen LogP contribution in [0.2, 0.25) is 0 Å². The summed E-state index contributed by atoms with van der Waals surface area (Å²) in [5.74, 6) is 0. The van der Waals surface area contributed by atoms with Gasteiger partial charge >= 0.3 is 0 Å². The molecule has 3 rings (SSSR count). The predicted octanol–water partition coefficient (Wildman–Crippen LogP) is 2.76. The van der Waals surface area contributed by atoms with Crippen molar-refractivity contribution in [1.82, 2.24) is 10.2 Å². The van der Waals surface area contributed by atoms with Crippen LogP contribution in [0.1, 0.15) is 29.0 Å². The number of nitrogens with zero attached hydrogens (tertiary/aromatic N) is 1. The first-order valence-electron chi connectivity index (χ1n) is 6.58. The number of hydrogen-bond donors (Lipinski definition) is 1. The highest BCUT2D eigenvalue weighted by atomic mass is 32.1. The van der Waals surface area contributed by atoms with Crippen LogP contribution in [0.25, 0.3) is 0 Å². The van der Waals surface area contributed by atoms with Crippen LogP contribution in [0.15, 0.2) is 24.3 Å². The van der Waals surface area contributed by atoms with Gasteiger partial charge in [0.2, 0.25) is 0 Å². The number of nitrogens with one attached hydrogen (secondary N) is 1. The minimum absolute atomic E-state index is 0.813. The van der Waals surface area contributed by atoms with Crippen LogP contribution in [0.4, 0.5) is 0 Å². The third-order valence-electron chi connectivity index (χ3n) is 3.38. The molecule has 17 heavy (non-hydrogen) atoms. The molecule has 0 atom stereocenters. The van der Waals surface area contributed by atoms with Crippen molar-refractivity contribution in [3.8, 4) is 0 Å². The molecular formula is C14H20N2S. The predicted molar refractivity (Wildman–Crippen MR) is 73.2 cm³/mol. The van der Waals surface area contributed by atoms with Crippen molar-refractivity contribution in [3.05, 3.63) is 34.0 Å². The first-order valence-corrected chi connectivity index (χ1v) is 7.40. The van der Waals surface area contributed by atoms with E-state index >= 15 is 0 Å². The molecule has 2 aliphatic rings. The average molecular weight is 248 g/mol. The topological polar surface area (TPSA) is 15.3 Å². The summed E-state index contributed by atoms with van der Waals surface area (Å²) in [5.41, 5.74) is 0. The maximum atomic E-state index is 3.58. The van der Waals surface area contributed by atoms with Crippen molar-refractivity contribution in [3.63, 3.8) is 0 Å². The van der Waals surface area contributed by atoms with Gasteiger partial charge in [0.1, 0.15) is 0 Å². The lowest BCUT2D eigenvalue weighted by atomic mass is 10.2. The van der Waals surface area contributed by atoms with Crippen molar-refractivity contribution in [2.24, 2.45) is 0 Å². The zero-order valence-electron chi connectivity index (χ0n) is 10.2. The molecule has 0 spiro atoms. The molecule has 0 amide bonds. The minimum Gasteiger partial charge on any atom is -0.309 e. The molecule has 1 saturated carbocycles. The van der Waals surface area contributed by atoms with Crippen LogP contribution < -0.4 is 5.32 Å². The van der Waals surface area contributed by atoms with E-state index in [9.17, 15) is 0 Å². The standard InChI is InChI=1S/C14H20N2S/c1-2-8-16(9-3-1)11-14-7-6-13(17-14)10-15-12-4-5-12/h1-2,6-7,12,15H,3-5,8-11H2. The molecule has 0 saturated heterocycles. The smallest absolute Gasteiger partial charge is 0.0331 e. The largest absolute Gasteiger partial charge is 0.309 e. The fourth-order valence-electron chi connectivity index (χ4n) is 2.19. The fourth-order valence-corrected chi connectivity index (χ4v) is 3.20. The second-order valence-electron chi connectivity index (χ2n) is 5.02. The highest BCUT2D eigenvalue weighted by Crippen LogP contribution is 2.22. The molecule has 3 heteroatoms. The molecule has 2 heterocycles. The lowest BCUT2D eigenvalue weighted by Crippen LogP contribution is -2.26. The molecule has 92 valence electrons. The molecule has 1 aliphatic carbocycles. The van der Waals surface area contributed by atoms with Gasteiger partial charge in [-0.15, -0.1) is 11.3 Å². The first-order chi connectivity index (χ1) is 8.40. The molecule has 0 bridgehead atoms. The van der Waals surface area contributed by atoms with Gasteiger partial charge in [0.15, 0.2) is 0 Å². The van der Waals surface area contributed by atoms with E-state index in [0.717, 1.165) is 25.7 Å². The summed E-state index contributed by atoms with van der Waals surface area (Å²) in [4.78, 5) is 5.51. The van der Waals surface area contributed by atoms with Crippen molar-refractivity contribution in [1.29, 1.82) is 0 Å². The van der Waals surface area contributed by atoms with E-state index in [2.05, 4.69) is 34.5 Å². The van der Waals surface area contributed by atoms with Crippen molar-refractivity contribution >= 4 is 11.3 Å².